The number of fused-ring (bicyclic) bond motifs is 4. The minimum absolute atomic E-state index is 0.0125. The Morgan fingerprint density at radius 2 is 1.42 bits per heavy atom. The summed E-state index contributed by atoms with van der Waals surface area (Å²) in [6.45, 7) is 0.749. The van der Waals surface area contributed by atoms with Crippen LogP contribution in [0.1, 0.15) is 62.5 Å². The number of primary amides is 1. The number of benzene rings is 2. The van der Waals surface area contributed by atoms with E-state index in [-0.39, 0.29) is 77.1 Å². The Bertz CT molecular complexity index is 2240. The SMILES string of the molecule is NC(=O)[C@H]1CCCCNC(=O)C[C@@H]2NC(=O)N(C2=O)C2(CCNCC2)C(=O)N[C@H](Cc2ccccc2)C(=O)N[C@H](CCCN=C(N)N)C(=O)N[C@@H](Cc2c[nH]c3ccccc23)C(=O)N1. The molecule has 0 radical (unpaired) electrons. The van der Waals surface area contributed by atoms with Crippen LogP contribution in [-0.4, -0.2) is 125 Å². The van der Waals surface area contributed by atoms with Gasteiger partial charge in [0.15, 0.2) is 5.96 Å². The highest BCUT2D eigenvalue weighted by molar-refractivity contribution is 6.10. The number of nitrogens with zero attached hydrogens (tertiary/aromatic N) is 2. The van der Waals surface area contributed by atoms with Crippen molar-refractivity contribution < 1.29 is 38.4 Å². The molecular weight excluding hydrogens is 827 g/mol. The zero-order valence-corrected chi connectivity index (χ0v) is 35.5. The molecule has 2 aromatic carbocycles. The standard InChI is InChI=1S/C43H57N13O8/c44-35(58)29-13-6-7-17-48-34(57)23-33-39(62)56(42(64)55-33)43(15-19-47-20-16-43)40(63)54-31(21-25-9-2-1-3-10-25)37(60)52-30(14-8-18-49-41(45)46)36(59)53-32(38(61)51-29)22-26-24-50-28-12-5-4-11-27(26)28/h1-5,9-12,24,29-33,47,50H,6-8,13-23H2,(H2,44,58)(H,48,57)(H,51,61)(H,52,60)(H,53,59)(H,54,63)(H,55,64)(H4,45,46,49)/t29-,30-,31-,32+,33+/m1/s1. The second-order valence-electron chi connectivity index (χ2n) is 16.3. The Hall–Kier alpha value is -7.03. The fraction of sp³-hybridized carbons (Fsp3) is 0.465. The summed E-state index contributed by atoms with van der Waals surface area (Å²) in [6, 6.07) is 9.00. The second kappa shape index (κ2) is 21.4. The lowest BCUT2D eigenvalue weighted by molar-refractivity contribution is -0.145. The van der Waals surface area contributed by atoms with Gasteiger partial charge in [-0.25, -0.2) is 9.69 Å². The third-order valence-electron chi connectivity index (χ3n) is 11.8. The van der Waals surface area contributed by atoms with Crippen LogP contribution in [0.5, 0.6) is 0 Å². The first-order chi connectivity index (χ1) is 30.7. The van der Waals surface area contributed by atoms with Gasteiger partial charge in [-0.1, -0.05) is 48.5 Å². The molecule has 342 valence electrons. The van der Waals surface area contributed by atoms with E-state index in [1.54, 1.807) is 36.5 Å². The minimum atomic E-state index is -1.74. The van der Waals surface area contributed by atoms with E-state index in [2.05, 4.69) is 47.2 Å². The van der Waals surface area contributed by atoms with Crippen molar-refractivity contribution in [3.63, 3.8) is 0 Å². The Kier molecular flexibility index (Phi) is 15.5. The predicted octanol–water partition coefficient (Wildman–Crippen LogP) is -1.84. The van der Waals surface area contributed by atoms with E-state index in [0.717, 1.165) is 15.8 Å². The van der Waals surface area contributed by atoms with Crippen molar-refractivity contribution in [3.8, 4) is 0 Å². The number of hydrogen-bond acceptors (Lipinski definition) is 10. The van der Waals surface area contributed by atoms with Gasteiger partial charge < -0.3 is 59.4 Å². The number of piperidine rings is 1. The smallest absolute Gasteiger partial charge is 0.325 e. The number of carbonyl (C=O) groups excluding carboxylic acids is 8. The topological polar surface area (TPSA) is 330 Å². The van der Waals surface area contributed by atoms with Gasteiger partial charge in [-0.05, 0) is 75.2 Å². The molecule has 1 aromatic heterocycles. The lowest BCUT2D eigenvalue weighted by Gasteiger charge is -2.42. The van der Waals surface area contributed by atoms with E-state index in [4.69, 9.17) is 17.2 Å². The van der Waals surface area contributed by atoms with Gasteiger partial charge in [0.1, 0.15) is 35.7 Å². The molecule has 6 rings (SSSR count). The molecule has 4 heterocycles. The first kappa shape index (κ1) is 46.5. The molecule has 2 bridgehead atoms. The average molecular weight is 884 g/mol. The first-order valence-electron chi connectivity index (χ1n) is 21.5. The lowest BCUT2D eigenvalue weighted by atomic mass is 9.84. The zero-order valence-electron chi connectivity index (χ0n) is 35.5. The van der Waals surface area contributed by atoms with Crippen LogP contribution in [0.4, 0.5) is 4.79 Å². The lowest BCUT2D eigenvalue weighted by Crippen LogP contribution is -2.67. The average Bonchev–Trinajstić information content (AvgIpc) is 3.81. The van der Waals surface area contributed by atoms with Crippen LogP contribution in [0.25, 0.3) is 10.9 Å². The van der Waals surface area contributed by atoms with Gasteiger partial charge in [-0.2, -0.15) is 0 Å². The molecule has 5 atom stereocenters. The highest BCUT2D eigenvalue weighted by atomic mass is 16.2. The fourth-order valence-corrected chi connectivity index (χ4v) is 8.38. The molecule has 3 aromatic rings. The summed E-state index contributed by atoms with van der Waals surface area (Å²) in [5, 5.41) is 20.3. The molecule has 9 amide bonds. The Labute approximate surface area is 369 Å². The third kappa shape index (κ3) is 11.5. The summed E-state index contributed by atoms with van der Waals surface area (Å²) in [6.07, 6.45) is 2.23. The van der Waals surface area contributed by atoms with Crippen molar-refractivity contribution in [2.24, 2.45) is 22.2 Å². The summed E-state index contributed by atoms with van der Waals surface area (Å²) >= 11 is 0. The van der Waals surface area contributed by atoms with Crippen LogP contribution >= 0.6 is 0 Å². The second-order valence-corrected chi connectivity index (χ2v) is 16.3. The Morgan fingerprint density at radius 3 is 2.16 bits per heavy atom. The quantitative estimate of drug-likeness (QED) is 0.0491. The van der Waals surface area contributed by atoms with Crippen molar-refractivity contribution in [3.05, 3.63) is 71.9 Å². The van der Waals surface area contributed by atoms with Crippen molar-refractivity contribution in [2.45, 2.75) is 100.0 Å². The number of amides is 9. The predicted molar refractivity (Wildman–Crippen MR) is 234 cm³/mol. The minimum Gasteiger partial charge on any atom is -0.370 e. The molecule has 21 nitrogen and oxygen atoms in total. The molecule has 0 saturated carbocycles. The number of carbonyl (C=O) groups is 8. The van der Waals surface area contributed by atoms with E-state index >= 15 is 0 Å². The number of imide groups is 1. The third-order valence-corrected chi connectivity index (χ3v) is 11.8. The number of nitrogens with two attached hydrogens (primary N) is 3. The number of guanidine groups is 1. The van der Waals surface area contributed by atoms with Crippen molar-refractivity contribution in [1.82, 2.24) is 47.1 Å². The fourth-order valence-electron chi connectivity index (χ4n) is 8.38. The molecule has 3 saturated heterocycles. The summed E-state index contributed by atoms with van der Waals surface area (Å²) in [5.41, 5.74) is 17.2. The number of H-pyrrole nitrogens is 1. The maximum atomic E-state index is 14.7. The number of para-hydroxylation sites is 1. The monoisotopic (exact) mass is 883 g/mol. The number of urea groups is 1. The zero-order chi connectivity index (χ0) is 45.8. The molecule has 1 spiro atoms. The number of aromatic amines is 1. The van der Waals surface area contributed by atoms with E-state index in [0.29, 0.717) is 24.0 Å². The maximum Gasteiger partial charge on any atom is 0.325 e. The number of aromatic nitrogens is 1. The Balaban J connectivity index is 1.37. The number of aliphatic imine (C=N–C) groups is 1. The van der Waals surface area contributed by atoms with E-state index in [1.807, 2.05) is 24.3 Å². The molecule has 0 aliphatic carbocycles. The maximum absolute atomic E-state index is 14.7. The molecule has 64 heavy (non-hydrogen) atoms. The van der Waals surface area contributed by atoms with Gasteiger partial charge in [0, 0.05) is 43.0 Å². The van der Waals surface area contributed by atoms with Gasteiger partial charge in [-0.3, -0.25) is 38.6 Å². The van der Waals surface area contributed by atoms with Gasteiger partial charge >= 0.3 is 6.03 Å². The highest BCUT2D eigenvalue weighted by Gasteiger charge is 2.55. The van der Waals surface area contributed by atoms with Crippen molar-refractivity contribution in [2.75, 3.05) is 26.2 Å². The molecular formula is C43H57N13O8. The Morgan fingerprint density at radius 1 is 0.750 bits per heavy atom. The highest BCUT2D eigenvalue weighted by Crippen LogP contribution is 2.31. The van der Waals surface area contributed by atoms with Gasteiger partial charge in [-0.15, -0.1) is 0 Å². The number of hydrogen-bond donors (Lipinski definition) is 11. The van der Waals surface area contributed by atoms with Crippen LogP contribution < -0.4 is 54.4 Å². The van der Waals surface area contributed by atoms with Crippen LogP contribution in [0, 0.1) is 0 Å². The summed E-state index contributed by atoms with van der Waals surface area (Å²) < 4.78 is 0. The number of rotatable bonds is 9. The van der Waals surface area contributed by atoms with Crippen molar-refractivity contribution >= 4 is 64.2 Å². The van der Waals surface area contributed by atoms with Crippen molar-refractivity contribution in [1.29, 1.82) is 0 Å². The molecule has 0 unspecified atom stereocenters. The van der Waals surface area contributed by atoms with E-state index in [1.165, 1.54) is 0 Å². The summed E-state index contributed by atoms with van der Waals surface area (Å²) in [7, 11) is 0. The van der Waals surface area contributed by atoms with Gasteiger partial charge in [0.2, 0.25) is 35.4 Å². The van der Waals surface area contributed by atoms with E-state index < -0.39 is 89.6 Å². The molecule has 3 aliphatic heterocycles. The van der Waals surface area contributed by atoms with E-state index in [9.17, 15) is 38.4 Å². The van der Waals surface area contributed by atoms with Crippen LogP contribution in [0.3, 0.4) is 0 Å². The van der Waals surface area contributed by atoms with Gasteiger partial charge in [0.25, 0.3) is 5.91 Å². The van der Waals surface area contributed by atoms with Gasteiger partial charge in [0.05, 0.1) is 6.42 Å². The first-order valence-corrected chi connectivity index (χ1v) is 21.5. The summed E-state index contributed by atoms with van der Waals surface area (Å²) in [5.74, 6) is -5.31. The molecule has 14 N–H and O–H groups in total. The van der Waals surface area contributed by atoms with Crippen LogP contribution in [0.15, 0.2) is 65.8 Å². The molecule has 21 heteroatoms. The molecule has 3 aliphatic rings. The van der Waals surface area contributed by atoms with Crippen LogP contribution in [0.2, 0.25) is 0 Å². The largest absolute Gasteiger partial charge is 0.370 e. The summed E-state index contributed by atoms with van der Waals surface area (Å²) in [4.78, 5) is 119. The number of nitrogens with one attached hydrogen (secondary N) is 8. The normalized spacial score (nSPS) is 24.2. The molecule has 3 fully saturated rings. The van der Waals surface area contributed by atoms with Crippen LogP contribution in [-0.2, 0) is 46.4 Å².